The van der Waals surface area contributed by atoms with Crippen LogP contribution in [0.3, 0.4) is 0 Å². The molecule has 0 spiro atoms. The van der Waals surface area contributed by atoms with Crippen LogP contribution in [-0.2, 0) is 25.8 Å². The third-order valence-electron chi connectivity index (χ3n) is 5.84. The second-order valence-electron chi connectivity index (χ2n) is 8.18. The summed E-state index contributed by atoms with van der Waals surface area (Å²) in [6.45, 7) is -2.79. The average molecular weight is 594 g/mol. The number of oxime groups is 1. The molecule has 11 nitrogen and oxygen atoms in total. The number of rotatable bonds is 9. The Bertz CT molecular complexity index is 1550. The highest BCUT2D eigenvalue weighted by Gasteiger charge is 2.54. The highest BCUT2D eigenvalue weighted by molar-refractivity contribution is 8.03. The van der Waals surface area contributed by atoms with Gasteiger partial charge in [-0.2, -0.15) is 13.3 Å². The number of carboxylic acids is 1. The fourth-order valence-electron chi connectivity index (χ4n) is 4.16. The number of aromatic nitrogens is 2. The Morgan fingerprint density at radius 2 is 2.21 bits per heavy atom. The summed E-state index contributed by atoms with van der Waals surface area (Å²) in [5.41, 5.74) is 4.68. The lowest BCUT2D eigenvalue weighted by molar-refractivity contribution is -0.658. The van der Waals surface area contributed by atoms with Crippen molar-refractivity contribution in [3.8, 4) is 0 Å². The number of halogens is 2. The molecule has 2 aliphatic heterocycles. The number of hydrogen-bond acceptors (Lipinski definition) is 10. The molecule has 0 aromatic carbocycles. The van der Waals surface area contributed by atoms with Crippen LogP contribution in [0.2, 0.25) is 0 Å². The van der Waals surface area contributed by atoms with E-state index in [0.717, 1.165) is 26.5 Å². The second-order valence-corrected chi connectivity index (χ2v) is 11.0. The standard InChI is InChI=1S/C23H18F2N6O5S3/c24-22(25)36-29-15(12-9-39-23(26)27-12)18(32)28-16-13-10-38-14(17(21(34)35)31(13)19(16)33)4-2-7-30-6-1-3-11-5-8-37-20(11)30/h1-6,8-9,13,16,22H,7,10H2,(H3-,26,27,28,32,34,35)/p+1/b4-2+,29-15?/t13-,16+/m1/s1. The van der Waals surface area contributed by atoms with Crippen LogP contribution in [-0.4, -0.2) is 62.9 Å². The second kappa shape index (κ2) is 11.1. The number of thiazole rings is 1. The smallest absolute Gasteiger partial charge is 0.407 e. The number of carbonyl (C=O) groups excluding carboxylic acids is 2. The first-order valence-electron chi connectivity index (χ1n) is 11.2. The van der Waals surface area contributed by atoms with Gasteiger partial charge in [0.2, 0.25) is 0 Å². The van der Waals surface area contributed by atoms with Crippen molar-refractivity contribution in [2.75, 3.05) is 11.5 Å². The zero-order chi connectivity index (χ0) is 27.7. The maximum atomic E-state index is 13.0. The Kier molecular flexibility index (Phi) is 7.58. The third-order valence-corrected chi connectivity index (χ3v) is 8.63. The van der Waals surface area contributed by atoms with Crippen molar-refractivity contribution >= 4 is 73.3 Å². The van der Waals surface area contributed by atoms with Gasteiger partial charge in [-0.3, -0.25) is 14.5 Å². The van der Waals surface area contributed by atoms with Gasteiger partial charge in [-0.1, -0.05) is 16.5 Å². The molecule has 0 bridgehead atoms. The van der Waals surface area contributed by atoms with Gasteiger partial charge in [0.15, 0.2) is 23.6 Å². The van der Waals surface area contributed by atoms with Gasteiger partial charge in [-0.25, -0.2) is 9.78 Å². The number of anilines is 1. The van der Waals surface area contributed by atoms with Crippen molar-refractivity contribution in [2.24, 2.45) is 5.16 Å². The van der Waals surface area contributed by atoms with Crippen LogP contribution in [0.5, 0.6) is 0 Å². The summed E-state index contributed by atoms with van der Waals surface area (Å²) in [7, 11) is 0. The van der Waals surface area contributed by atoms with Gasteiger partial charge in [-0.15, -0.1) is 23.1 Å². The molecule has 5 rings (SSSR count). The number of nitrogens with two attached hydrogens (primary N) is 1. The molecule has 2 amide bonds. The zero-order valence-corrected chi connectivity index (χ0v) is 22.1. The maximum absolute atomic E-state index is 13.0. The Morgan fingerprint density at radius 1 is 1.38 bits per heavy atom. The molecule has 1 saturated heterocycles. The lowest BCUT2D eigenvalue weighted by Gasteiger charge is -2.49. The maximum Gasteiger partial charge on any atom is 0.407 e. The minimum Gasteiger partial charge on any atom is -0.477 e. The van der Waals surface area contributed by atoms with Gasteiger partial charge in [-0.05, 0) is 29.7 Å². The number of pyridine rings is 1. The number of amides is 2. The first-order chi connectivity index (χ1) is 18.7. The van der Waals surface area contributed by atoms with E-state index in [4.69, 9.17) is 5.73 Å². The Hall–Kier alpha value is -3.89. The van der Waals surface area contributed by atoms with Crippen LogP contribution >= 0.6 is 34.4 Å². The molecule has 3 aromatic rings. The molecular formula is C23H19F2N6O5S3+. The van der Waals surface area contributed by atoms with E-state index in [1.165, 1.54) is 17.1 Å². The van der Waals surface area contributed by atoms with Crippen molar-refractivity contribution in [3.05, 3.63) is 63.6 Å². The van der Waals surface area contributed by atoms with Crippen molar-refractivity contribution in [2.45, 2.75) is 25.2 Å². The zero-order valence-electron chi connectivity index (χ0n) is 19.7. The lowest BCUT2D eigenvalue weighted by Crippen LogP contribution is -2.73. The number of alkyl halides is 2. The molecule has 16 heteroatoms. The monoisotopic (exact) mass is 593 g/mol. The van der Waals surface area contributed by atoms with Crippen molar-refractivity contribution in [1.82, 2.24) is 15.2 Å². The van der Waals surface area contributed by atoms with Gasteiger partial charge < -0.3 is 21.0 Å². The average Bonchev–Trinajstić information content (AvgIpc) is 3.56. The summed E-state index contributed by atoms with van der Waals surface area (Å²) in [5.74, 6) is -2.63. The van der Waals surface area contributed by atoms with Gasteiger partial charge in [0.05, 0.1) is 11.4 Å². The largest absolute Gasteiger partial charge is 0.477 e. The number of fused-ring (bicyclic) bond motifs is 2. The summed E-state index contributed by atoms with van der Waals surface area (Å²) >= 11 is 3.79. The third kappa shape index (κ3) is 5.35. The van der Waals surface area contributed by atoms with E-state index >= 15 is 0 Å². The Morgan fingerprint density at radius 3 is 2.92 bits per heavy atom. The Labute approximate surface area is 231 Å². The quantitative estimate of drug-likeness (QED) is 0.148. The van der Waals surface area contributed by atoms with Gasteiger partial charge in [0.25, 0.3) is 16.6 Å². The summed E-state index contributed by atoms with van der Waals surface area (Å²) in [6.07, 6.45) is 5.41. The number of β-lactam (4-membered cyclic amide) rings is 1. The van der Waals surface area contributed by atoms with Crippen LogP contribution in [0.4, 0.5) is 13.9 Å². The number of nitrogen functional groups attached to an aromatic ring is 1. The molecule has 202 valence electrons. The van der Waals surface area contributed by atoms with Crippen LogP contribution in [0.15, 0.2) is 63.1 Å². The highest BCUT2D eigenvalue weighted by atomic mass is 32.2. The number of nitrogens with zero attached hydrogens (tertiary/aromatic N) is 4. The highest BCUT2D eigenvalue weighted by Crippen LogP contribution is 2.39. The molecule has 2 atom stereocenters. The van der Waals surface area contributed by atoms with E-state index in [0.29, 0.717) is 17.2 Å². The normalized spacial score (nSPS) is 19.5. The Balaban J connectivity index is 1.32. The van der Waals surface area contributed by atoms with Gasteiger partial charge in [0, 0.05) is 22.1 Å². The van der Waals surface area contributed by atoms with Crippen LogP contribution in [0.25, 0.3) is 10.2 Å². The number of carbonyl (C=O) groups is 3. The van der Waals surface area contributed by atoms with E-state index in [1.807, 2.05) is 40.4 Å². The van der Waals surface area contributed by atoms with Gasteiger partial charge in [0.1, 0.15) is 17.4 Å². The molecule has 4 N–H and O–H groups in total. The topological polar surface area (TPSA) is 151 Å². The lowest BCUT2D eigenvalue weighted by atomic mass is 9.94. The van der Waals surface area contributed by atoms with E-state index in [1.54, 1.807) is 17.4 Å². The molecule has 2 aliphatic rings. The first kappa shape index (κ1) is 26.7. The van der Waals surface area contributed by atoms with E-state index in [2.05, 4.69) is 20.3 Å². The minimum atomic E-state index is -3.29. The predicted octanol–water partition coefficient (Wildman–Crippen LogP) is 2.17. The summed E-state index contributed by atoms with van der Waals surface area (Å²) in [4.78, 5) is 48.4. The summed E-state index contributed by atoms with van der Waals surface area (Å²) in [6, 6.07) is 4.19. The molecule has 0 unspecified atom stereocenters. The number of nitrogens with one attached hydrogen (secondary N) is 1. The molecule has 0 radical (unpaired) electrons. The molecule has 0 saturated carbocycles. The molecular weight excluding hydrogens is 574 g/mol. The van der Waals surface area contributed by atoms with Crippen LogP contribution in [0.1, 0.15) is 5.69 Å². The van der Waals surface area contributed by atoms with Crippen LogP contribution in [0, 0.1) is 0 Å². The fraction of sp³-hybridized carbons (Fsp3) is 0.217. The minimum absolute atomic E-state index is 0.0689. The number of thioether (sulfide) groups is 1. The van der Waals surface area contributed by atoms with Crippen LogP contribution < -0.4 is 15.6 Å². The van der Waals surface area contributed by atoms with E-state index < -0.39 is 42.2 Å². The summed E-state index contributed by atoms with van der Waals surface area (Å²) < 4.78 is 27.2. The van der Waals surface area contributed by atoms with Crippen molar-refractivity contribution in [3.63, 3.8) is 0 Å². The molecule has 5 heterocycles. The number of thiophene rings is 1. The van der Waals surface area contributed by atoms with Crippen molar-refractivity contribution < 1.29 is 37.7 Å². The van der Waals surface area contributed by atoms with E-state index in [-0.39, 0.29) is 16.5 Å². The summed E-state index contributed by atoms with van der Waals surface area (Å²) in [5, 5.41) is 20.0. The predicted molar refractivity (Wildman–Crippen MR) is 141 cm³/mol. The molecule has 39 heavy (non-hydrogen) atoms. The van der Waals surface area contributed by atoms with E-state index in [9.17, 15) is 28.3 Å². The SMILES string of the molecule is Nc1nc(C(=NOC(F)F)C(=O)N[C@@H]2C(=O)N3C(C(=O)O)=C(/C=C/C[n+]4cccc5ccsc54)SC[C@H]23)cs1. The number of carboxylic acid groups (broad SMARTS) is 1. The first-order valence-corrected chi connectivity index (χ1v) is 14.0. The van der Waals surface area contributed by atoms with Gasteiger partial charge >= 0.3 is 12.6 Å². The number of allylic oxidation sites excluding steroid dienone is 2. The molecule has 0 aliphatic carbocycles. The molecule has 3 aromatic heterocycles. The number of hydrogen-bond donors (Lipinski definition) is 3. The molecule has 1 fully saturated rings. The fourth-order valence-corrected chi connectivity index (χ4v) is 6.80. The number of aliphatic carboxylic acids is 1. The van der Waals surface area contributed by atoms with Crippen molar-refractivity contribution in [1.29, 1.82) is 0 Å².